The second-order valence-corrected chi connectivity index (χ2v) is 5.47. The molecule has 0 fully saturated rings. The summed E-state index contributed by atoms with van der Waals surface area (Å²) in [7, 11) is 0. The highest BCUT2D eigenvalue weighted by Gasteiger charge is 2.25. The summed E-state index contributed by atoms with van der Waals surface area (Å²) in [5, 5.41) is 10.5. The third kappa shape index (κ3) is 3.52. The molecule has 2 rings (SSSR count). The number of aliphatic hydroxyl groups excluding tert-OH is 1. The van der Waals surface area contributed by atoms with Gasteiger partial charge in [0.25, 0.3) is 0 Å². The number of nitrogens with two attached hydrogens (primary N) is 1. The van der Waals surface area contributed by atoms with Gasteiger partial charge in [-0.2, -0.15) is 0 Å². The molecule has 0 aliphatic rings. The summed E-state index contributed by atoms with van der Waals surface area (Å²) in [5.74, 6) is -2.15. The highest BCUT2D eigenvalue weighted by Crippen LogP contribution is 2.33. The van der Waals surface area contributed by atoms with E-state index in [2.05, 4.69) is 0 Å². The fourth-order valence-electron chi connectivity index (χ4n) is 2.14. The molecule has 0 radical (unpaired) electrons. The molecule has 2 atom stereocenters. The Bertz CT molecular complexity index is 634. The van der Waals surface area contributed by atoms with Crippen molar-refractivity contribution in [2.45, 2.75) is 12.0 Å². The number of rotatable bonds is 4. The molecule has 2 aromatic carbocycles. The SMILES string of the molecule is NCC(c1ccc(Cl)cc1)C(O)c1cc(F)c(Cl)cc1F. The molecule has 6 heteroatoms. The van der Waals surface area contributed by atoms with Crippen molar-refractivity contribution in [3.05, 3.63) is 69.2 Å². The van der Waals surface area contributed by atoms with Gasteiger partial charge in [0.15, 0.2) is 0 Å². The van der Waals surface area contributed by atoms with Crippen LogP contribution in [-0.4, -0.2) is 11.7 Å². The number of hydrogen-bond donors (Lipinski definition) is 2. The third-order valence-electron chi connectivity index (χ3n) is 3.29. The van der Waals surface area contributed by atoms with Crippen molar-refractivity contribution in [2.75, 3.05) is 6.54 Å². The minimum atomic E-state index is -1.29. The van der Waals surface area contributed by atoms with Crippen LogP contribution in [0, 0.1) is 11.6 Å². The van der Waals surface area contributed by atoms with E-state index < -0.39 is 23.7 Å². The average Bonchev–Trinajstić information content (AvgIpc) is 2.45. The lowest BCUT2D eigenvalue weighted by atomic mass is 9.89. The van der Waals surface area contributed by atoms with E-state index in [1.54, 1.807) is 24.3 Å². The average molecular weight is 332 g/mol. The van der Waals surface area contributed by atoms with E-state index in [-0.39, 0.29) is 17.1 Å². The van der Waals surface area contributed by atoms with E-state index in [0.29, 0.717) is 10.6 Å². The van der Waals surface area contributed by atoms with Crippen LogP contribution in [-0.2, 0) is 0 Å². The van der Waals surface area contributed by atoms with E-state index in [9.17, 15) is 13.9 Å². The quantitative estimate of drug-likeness (QED) is 0.830. The molecule has 0 saturated carbocycles. The summed E-state index contributed by atoms with van der Waals surface area (Å²) >= 11 is 11.3. The van der Waals surface area contributed by atoms with Crippen molar-refractivity contribution >= 4 is 23.2 Å². The molecule has 0 saturated heterocycles. The third-order valence-corrected chi connectivity index (χ3v) is 3.83. The topological polar surface area (TPSA) is 46.2 Å². The van der Waals surface area contributed by atoms with E-state index in [1.165, 1.54) is 0 Å². The normalized spacial score (nSPS) is 14.0. The lowest BCUT2D eigenvalue weighted by Crippen LogP contribution is -2.21. The van der Waals surface area contributed by atoms with Crippen molar-refractivity contribution in [2.24, 2.45) is 5.73 Å². The molecule has 112 valence electrons. The van der Waals surface area contributed by atoms with Crippen LogP contribution in [0.3, 0.4) is 0 Å². The van der Waals surface area contributed by atoms with Crippen LogP contribution >= 0.6 is 23.2 Å². The van der Waals surface area contributed by atoms with Crippen LogP contribution in [0.15, 0.2) is 36.4 Å². The highest BCUT2D eigenvalue weighted by atomic mass is 35.5. The molecule has 2 nitrogen and oxygen atoms in total. The maximum Gasteiger partial charge on any atom is 0.142 e. The number of hydrogen-bond acceptors (Lipinski definition) is 2. The number of benzene rings is 2. The van der Waals surface area contributed by atoms with E-state index in [4.69, 9.17) is 28.9 Å². The predicted octanol–water partition coefficient (Wildman–Crippen LogP) is 4.05. The van der Waals surface area contributed by atoms with Gasteiger partial charge < -0.3 is 10.8 Å². The van der Waals surface area contributed by atoms with E-state index >= 15 is 0 Å². The van der Waals surface area contributed by atoms with Crippen LogP contribution in [0.25, 0.3) is 0 Å². The zero-order valence-corrected chi connectivity index (χ0v) is 12.4. The van der Waals surface area contributed by atoms with Gasteiger partial charge in [0.2, 0.25) is 0 Å². The summed E-state index contributed by atoms with van der Waals surface area (Å²) in [5.41, 5.74) is 6.17. The van der Waals surface area contributed by atoms with Gasteiger partial charge in [-0.1, -0.05) is 35.3 Å². The largest absolute Gasteiger partial charge is 0.388 e. The van der Waals surface area contributed by atoms with Crippen LogP contribution in [0.4, 0.5) is 8.78 Å². The van der Waals surface area contributed by atoms with Crippen molar-refractivity contribution in [3.8, 4) is 0 Å². The first-order valence-electron chi connectivity index (χ1n) is 6.22. The van der Waals surface area contributed by atoms with E-state index in [0.717, 1.165) is 12.1 Å². The molecule has 0 amide bonds. The van der Waals surface area contributed by atoms with Gasteiger partial charge in [0.05, 0.1) is 11.1 Å². The van der Waals surface area contributed by atoms with Crippen molar-refractivity contribution in [3.63, 3.8) is 0 Å². The van der Waals surface area contributed by atoms with Crippen molar-refractivity contribution < 1.29 is 13.9 Å². The summed E-state index contributed by atoms with van der Waals surface area (Å²) in [6, 6.07) is 8.39. The summed E-state index contributed by atoms with van der Waals surface area (Å²) in [6.45, 7) is 0.0620. The fourth-order valence-corrected chi connectivity index (χ4v) is 2.41. The Balaban J connectivity index is 2.38. The van der Waals surface area contributed by atoms with Gasteiger partial charge in [-0.25, -0.2) is 8.78 Å². The number of halogens is 4. The van der Waals surface area contributed by atoms with Gasteiger partial charge in [-0.05, 0) is 29.8 Å². The molecule has 0 heterocycles. The summed E-state index contributed by atoms with van der Waals surface area (Å²) < 4.78 is 27.4. The van der Waals surface area contributed by atoms with Crippen LogP contribution in [0.5, 0.6) is 0 Å². The molecule has 21 heavy (non-hydrogen) atoms. The van der Waals surface area contributed by atoms with Gasteiger partial charge in [-0.3, -0.25) is 0 Å². The molecule has 3 N–H and O–H groups in total. The minimum absolute atomic E-state index is 0.0620. The Morgan fingerprint density at radius 3 is 2.24 bits per heavy atom. The van der Waals surface area contributed by atoms with Crippen LogP contribution < -0.4 is 5.73 Å². The molecule has 2 aromatic rings. The maximum atomic E-state index is 13.9. The molecule has 2 unspecified atom stereocenters. The molecule has 0 aliphatic carbocycles. The first kappa shape index (κ1) is 16.2. The molecular weight excluding hydrogens is 319 g/mol. The zero-order chi connectivity index (χ0) is 15.6. The highest BCUT2D eigenvalue weighted by molar-refractivity contribution is 6.30. The van der Waals surface area contributed by atoms with Gasteiger partial charge >= 0.3 is 0 Å². The van der Waals surface area contributed by atoms with E-state index in [1.807, 2.05) is 0 Å². The first-order valence-corrected chi connectivity index (χ1v) is 6.97. The Labute approximate surface area is 131 Å². The van der Waals surface area contributed by atoms with Gasteiger partial charge in [0, 0.05) is 23.0 Å². The second kappa shape index (κ2) is 6.71. The second-order valence-electron chi connectivity index (χ2n) is 4.63. The van der Waals surface area contributed by atoms with Crippen LogP contribution in [0.1, 0.15) is 23.1 Å². The molecule has 0 spiro atoms. The monoisotopic (exact) mass is 331 g/mol. The van der Waals surface area contributed by atoms with Gasteiger partial charge in [-0.15, -0.1) is 0 Å². The predicted molar refractivity (Wildman–Crippen MR) is 79.6 cm³/mol. The first-order chi connectivity index (χ1) is 9.93. The molecule has 0 bridgehead atoms. The Morgan fingerprint density at radius 2 is 1.67 bits per heavy atom. The fraction of sp³-hybridized carbons (Fsp3) is 0.200. The van der Waals surface area contributed by atoms with Gasteiger partial charge in [0.1, 0.15) is 11.6 Å². The molecule has 0 aromatic heterocycles. The Morgan fingerprint density at radius 1 is 1.05 bits per heavy atom. The van der Waals surface area contributed by atoms with Crippen molar-refractivity contribution in [1.29, 1.82) is 0 Å². The molecule has 0 aliphatic heterocycles. The maximum absolute atomic E-state index is 13.9. The lowest BCUT2D eigenvalue weighted by molar-refractivity contribution is 0.142. The Kier molecular flexibility index (Phi) is 5.17. The van der Waals surface area contributed by atoms with Crippen molar-refractivity contribution in [1.82, 2.24) is 0 Å². The number of aliphatic hydroxyl groups is 1. The summed E-state index contributed by atoms with van der Waals surface area (Å²) in [6.07, 6.45) is -1.29. The standard InChI is InChI=1S/C15H13Cl2F2NO/c16-9-3-1-8(2-4-9)11(7-20)15(21)10-5-14(19)12(17)6-13(10)18/h1-6,11,15,21H,7,20H2. The lowest BCUT2D eigenvalue weighted by Gasteiger charge is -2.23. The zero-order valence-electron chi connectivity index (χ0n) is 10.9. The Hall–Kier alpha value is -1.20. The molecular formula is C15H13Cl2F2NO. The smallest absolute Gasteiger partial charge is 0.142 e. The van der Waals surface area contributed by atoms with Crippen LogP contribution in [0.2, 0.25) is 10.0 Å². The minimum Gasteiger partial charge on any atom is -0.388 e. The summed E-state index contributed by atoms with van der Waals surface area (Å²) in [4.78, 5) is 0.